The van der Waals surface area contributed by atoms with E-state index in [2.05, 4.69) is 17.4 Å². The molecule has 1 aliphatic rings. The highest BCUT2D eigenvalue weighted by Gasteiger charge is 2.19. The Morgan fingerprint density at radius 3 is 3.00 bits per heavy atom. The van der Waals surface area contributed by atoms with Crippen LogP contribution >= 0.6 is 0 Å². The number of hydrogen-bond donors (Lipinski definition) is 1. The summed E-state index contributed by atoms with van der Waals surface area (Å²) in [6, 6.07) is 6.59. The lowest BCUT2D eigenvalue weighted by atomic mass is 9.94. The van der Waals surface area contributed by atoms with Crippen molar-refractivity contribution in [3.05, 3.63) is 29.3 Å². The molecule has 1 aliphatic heterocycles. The molecule has 0 amide bonds. The number of methoxy groups -OCH3 is 2. The number of benzene rings is 1. The molecule has 1 heterocycles. The number of nitrogens with one attached hydrogen (secondary N) is 1. The SMILES string of the molecule is COC[C@H]1NCCc2cc(OC)ccc21. The van der Waals surface area contributed by atoms with Gasteiger partial charge in [0.25, 0.3) is 0 Å². The molecule has 3 heteroatoms. The fraction of sp³-hybridized carbons (Fsp3) is 0.500. The zero-order chi connectivity index (χ0) is 10.7. The maximum Gasteiger partial charge on any atom is 0.119 e. The fourth-order valence-corrected chi connectivity index (χ4v) is 2.07. The van der Waals surface area contributed by atoms with Gasteiger partial charge >= 0.3 is 0 Å². The van der Waals surface area contributed by atoms with Crippen LogP contribution in [0.5, 0.6) is 5.75 Å². The lowest BCUT2D eigenvalue weighted by Gasteiger charge is -2.26. The Bertz CT molecular complexity index is 338. The van der Waals surface area contributed by atoms with Gasteiger partial charge in [-0.05, 0) is 36.2 Å². The summed E-state index contributed by atoms with van der Waals surface area (Å²) in [6.07, 6.45) is 1.06. The van der Waals surface area contributed by atoms with Crippen LogP contribution in [0.4, 0.5) is 0 Å². The molecule has 1 aromatic rings. The lowest BCUT2D eigenvalue weighted by Crippen LogP contribution is -2.32. The molecule has 0 saturated heterocycles. The third-order valence-corrected chi connectivity index (χ3v) is 2.84. The average molecular weight is 207 g/mol. The van der Waals surface area contributed by atoms with Crippen molar-refractivity contribution < 1.29 is 9.47 Å². The molecule has 0 spiro atoms. The molecule has 0 unspecified atom stereocenters. The Labute approximate surface area is 90.4 Å². The van der Waals surface area contributed by atoms with E-state index in [1.807, 2.05) is 6.07 Å². The van der Waals surface area contributed by atoms with Crippen LogP contribution in [0.2, 0.25) is 0 Å². The average Bonchev–Trinajstić information content (AvgIpc) is 2.29. The second-order valence-corrected chi connectivity index (χ2v) is 3.78. The van der Waals surface area contributed by atoms with Crippen molar-refractivity contribution in [2.45, 2.75) is 12.5 Å². The van der Waals surface area contributed by atoms with Crippen molar-refractivity contribution in [2.24, 2.45) is 0 Å². The highest BCUT2D eigenvalue weighted by Crippen LogP contribution is 2.26. The van der Waals surface area contributed by atoms with E-state index in [-0.39, 0.29) is 0 Å². The summed E-state index contributed by atoms with van der Waals surface area (Å²) < 4.78 is 10.4. The van der Waals surface area contributed by atoms with Crippen LogP contribution in [0.3, 0.4) is 0 Å². The van der Waals surface area contributed by atoms with Crippen LogP contribution < -0.4 is 10.1 Å². The van der Waals surface area contributed by atoms with E-state index in [0.29, 0.717) is 6.04 Å². The summed E-state index contributed by atoms with van der Waals surface area (Å²) in [5.41, 5.74) is 2.71. The summed E-state index contributed by atoms with van der Waals surface area (Å²) >= 11 is 0. The minimum Gasteiger partial charge on any atom is -0.497 e. The zero-order valence-corrected chi connectivity index (χ0v) is 9.25. The first-order chi connectivity index (χ1) is 7.35. The van der Waals surface area contributed by atoms with Crippen molar-refractivity contribution >= 4 is 0 Å². The fourth-order valence-electron chi connectivity index (χ4n) is 2.07. The molecule has 3 nitrogen and oxygen atoms in total. The van der Waals surface area contributed by atoms with Crippen LogP contribution in [0, 0.1) is 0 Å². The molecule has 0 bridgehead atoms. The van der Waals surface area contributed by atoms with Gasteiger partial charge in [-0.15, -0.1) is 0 Å². The van der Waals surface area contributed by atoms with Crippen molar-refractivity contribution in [2.75, 3.05) is 27.4 Å². The largest absolute Gasteiger partial charge is 0.497 e. The monoisotopic (exact) mass is 207 g/mol. The molecule has 1 N–H and O–H groups in total. The van der Waals surface area contributed by atoms with Crippen LogP contribution in [0.25, 0.3) is 0 Å². The van der Waals surface area contributed by atoms with Gasteiger partial charge in [-0.25, -0.2) is 0 Å². The smallest absolute Gasteiger partial charge is 0.119 e. The van der Waals surface area contributed by atoms with E-state index in [9.17, 15) is 0 Å². The van der Waals surface area contributed by atoms with Crippen molar-refractivity contribution in [3.8, 4) is 5.75 Å². The van der Waals surface area contributed by atoms with Crippen molar-refractivity contribution in [3.63, 3.8) is 0 Å². The summed E-state index contributed by atoms with van der Waals surface area (Å²) in [7, 11) is 3.44. The first kappa shape index (κ1) is 10.5. The van der Waals surface area contributed by atoms with E-state index < -0.39 is 0 Å². The molecule has 0 aliphatic carbocycles. The predicted octanol–water partition coefficient (Wildman–Crippen LogP) is 1.53. The van der Waals surface area contributed by atoms with E-state index in [0.717, 1.165) is 25.3 Å². The summed E-state index contributed by atoms with van der Waals surface area (Å²) in [6.45, 7) is 1.73. The van der Waals surface area contributed by atoms with Gasteiger partial charge in [-0.2, -0.15) is 0 Å². The van der Waals surface area contributed by atoms with Gasteiger partial charge in [0.2, 0.25) is 0 Å². The van der Waals surface area contributed by atoms with Gasteiger partial charge in [0.15, 0.2) is 0 Å². The van der Waals surface area contributed by atoms with Crippen molar-refractivity contribution in [1.82, 2.24) is 5.32 Å². The van der Waals surface area contributed by atoms with Gasteiger partial charge in [0, 0.05) is 7.11 Å². The summed E-state index contributed by atoms with van der Waals surface area (Å²) in [5, 5.41) is 3.45. The van der Waals surface area contributed by atoms with Crippen LogP contribution in [-0.4, -0.2) is 27.4 Å². The second-order valence-electron chi connectivity index (χ2n) is 3.78. The van der Waals surface area contributed by atoms with Gasteiger partial charge in [-0.1, -0.05) is 6.07 Å². The minimum atomic E-state index is 0.324. The first-order valence-corrected chi connectivity index (χ1v) is 5.24. The number of ether oxygens (including phenoxy) is 2. The molecule has 82 valence electrons. The van der Waals surface area contributed by atoms with Gasteiger partial charge in [0.05, 0.1) is 19.8 Å². The van der Waals surface area contributed by atoms with E-state index in [1.54, 1.807) is 14.2 Å². The molecule has 15 heavy (non-hydrogen) atoms. The van der Waals surface area contributed by atoms with Crippen LogP contribution in [0.15, 0.2) is 18.2 Å². The first-order valence-electron chi connectivity index (χ1n) is 5.24. The number of rotatable bonds is 3. The second kappa shape index (κ2) is 4.64. The third kappa shape index (κ3) is 2.13. The Morgan fingerprint density at radius 1 is 1.40 bits per heavy atom. The third-order valence-electron chi connectivity index (χ3n) is 2.84. The Kier molecular flexibility index (Phi) is 3.23. The standard InChI is InChI=1S/C12H17NO2/c1-14-8-12-11-4-3-10(15-2)7-9(11)5-6-13-12/h3-4,7,12-13H,5-6,8H2,1-2H3/t12-/m1/s1. The summed E-state index contributed by atoms with van der Waals surface area (Å²) in [4.78, 5) is 0. The maximum atomic E-state index is 5.22. The van der Waals surface area contributed by atoms with E-state index >= 15 is 0 Å². The van der Waals surface area contributed by atoms with Gasteiger partial charge in [0.1, 0.15) is 5.75 Å². The zero-order valence-electron chi connectivity index (χ0n) is 9.25. The maximum absolute atomic E-state index is 5.22. The molecular weight excluding hydrogens is 190 g/mol. The Hall–Kier alpha value is -1.06. The van der Waals surface area contributed by atoms with Gasteiger partial charge < -0.3 is 14.8 Å². The molecule has 0 aromatic heterocycles. The van der Waals surface area contributed by atoms with Crippen LogP contribution in [-0.2, 0) is 11.2 Å². The highest BCUT2D eigenvalue weighted by molar-refractivity contribution is 5.39. The molecular formula is C12H17NO2. The van der Waals surface area contributed by atoms with Crippen molar-refractivity contribution in [1.29, 1.82) is 0 Å². The number of hydrogen-bond acceptors (Lipinski definition) is 3. The number of fused-ring (bicyclic) bond motifs is 1. The minimum absolute atomic E-state index is 0.324. The molecule has 0 fully saturated rings. The lowest BCUT2D eigenvalue weighted by molar-refractivity contribution is 0.164. The molecule has 0 saturated carbocycles. The predicted molar refractivity (Wildman–Crippen MR) is 59.3 cm³/mol. The Balaban J connectivity index is 2.28. The molecule has 1 aromatic carbocycles. The Morgan fingerprint density at radius 2 is 2.27 bits per heavy atom. The molecule has 1 atom stereocenters. The van der Waals surface area contributed by atoms with Gasteiger partial charge in [-0.3, -0.25) is 0 Å². The quantitative estimate of drug-likeness (QED) is 0.815. The highest BCUT2D eigenvalue weighted by atomic mass is 16.5. The van der Waals surface area contributed by atoms with E-state index in [4.69, 9.17) is 9.47 Å². The molecule has 2 rings (SSSR count). The van der Waals surface area contributed by atoms with E-state index in [1.165, 1.54) is 11.1 Å². The van der Waals surface area contributed by atoms with Crippen LogP contribution in [0.1, 0.15) is 17.2 Å². The molecule has 0 radical (unpaired) electrons. The normalized spacial score (nSPS) is 19.7. The summed E-state index contributed by atoms with van der Waals surface area (Å²) in [5.74, 6) is 0.937. The topological polar surface area (TPSA) is 30.5 Å².